The minimum absolute atomic E-state index is 0.106. The first-order valence-electron chi connectivity index (χ1n) is 9.22. The van der Waals surface area contributed by atoms with Crippen molar-refractivity contribution in [2.75, 3.05) is 12.4 Å². The van der Waals surface area contributed by atoms with Gasteiger partial charge in [-0.15, -0.1) is 0 Å². The smallest absolute Gasteiger partial charge is 0.387 e. The standard InChI is InChI=1S/C17H21B3O9S/c1-9-10(6-18)11(7-19)12(8-20)15(14(9)16(22)23)17(24)29-3-2-13(21)28-4-5-30(25,26)27/h4-8,18-20H2,1H3,(H,22,23)(H,25,26,27). The normalized spacial score (nSPS) is 10.6. The molecule has 0 saturated heterocycles. The molecule has 13 heteroatoms. The molecule has 0 amide bonds. The van der Waals surface area contributed by atoms with Gasteiger partial charge in [-0.05, 0) is 29.2 Å². The highest BCUT2D eigenvalue weighted by molar-refractivity contribution is 7.85. The summed E-state index contributed by atoms with van der Waals surface area (Å²) in [5, 5.41) is 9.69. The molecule has 0 heterocycles. The SMILES string of the molecule is BCc1c(C)c(C(=O)O)c(C(=O)OC#CC(=O)OCCS(=O)(=O)O)c(CB)c1CB. The van der Waals surface area contributed by atoms with Gasteiger partial charge in [0.05, 0.1) is 17.0 Å². The minimum Gasteiger partial charge on any atom is -0.478 e. The number of benzene rings is 1. The maximum atomic E-state index is 12.6. The number of rotatable bonds is 8. The summed E-state index contributed by atoms with van der Waals surface area (Å²) in [5.74, 6) is -2.42. The van der Waals surface area contributed by atoms with E-state index in [4.69, 9.17) is 9.29 Å². The van der Waals surface area contributed by atoms with Gasteiger partial charge < -0.3 is 14.6 Å². The Kier molecular flexibility index (Phi) is 9.20. The third kappa shape index (κ3) is 6.40. The lowest BCUT2D eigenvalue weighted by molar-refractivity contribution is -0.136. The Bertz CT molecular complexity index is 1020. The van der Waals surface area contributed by atoms with Gasteiger partial charge in [0, 0.05) is 0 Å². The minimum atomic E-state index is -4.29. The van der Waals surface area contributed by atoms with Crippen molar-refractivity contribution >= 4 is 51.6 Å². The van der Waals surface area contributed by atoms with Crippen molar-refractivity contribution < 1.29 is 41.9 Å². The van der Waals surface area contributed by atoms with Gasteiger partial charge in [0.2, 0.25) is 0 Å². The first-order chi connectivity index (χ1) is 14.0. The first kappa shape index (κ1) is 25.3. The van der Waals surface area contributed by atoms with E-state index in [2.05, 4.69) is 4.74 Å². The Balaban J connectivity index is 3.23. The van der Waals surface area contributed by atoms with Crippen LogP contribution in [0.15, 0.2) is 0 Å². The Hall–Kier alpha value is -2.71. The summed E-state index contributed by atoms with van der Waals surface area (Å²) < 4.78 is 38.9. The third-order valence-corrected chi connectivity index (χ3v) is 5.14. The lowest BCUT2D eigenvalue weighted by Crippen LogP contribution is -2.20. The fourth-order valence-electron chi connectivity index (χ4n) is 3.28. The molecule has 1 aromatic rings. The van der Waals surface area contributed by atoms with Crippen LogP contribution in [-0.2, 0) is 43.3 Å². The van der Waals surface area contributed by atoms with E-state index in [0.717, 1.165) is 11.1 Å². The van der Waals surface area contributed by atoms with E-state index in [1.807, 2.05) is 27.7 Å². The van der Waals surface area contributed by atoms with Crippen LogP contribution in [0, 0.1) is 19.0 Å². The zero-order valence-corrected chi connectivity index (χ0v) is 18.0. The number of carboxylic acid groups (broad SMARTS) is 1. The van der Waals surface area contributed by atoms with Crippen LogP contribution in [0.3, 0.4) is 0 Å². The van der Waals surface area contributed by atoms with Gasteiger partial charge in [-0.3, -0.25) is 4.55 Å². The van der Waals surface area contributed by atoms with Crippen LogP contribution in [0.4, 0.5) is 0 Å². The predicted octanol–water partition coefficient (Wildman–Crippen LogP) is -2.36. The molecule has 0 bridgehead atoms. The molecule has 1 rings (SSSR count). The number of carbonyl (C=O) groups excluding carboxylic acids is 2. The van der Waals surface area contributed by atoms with Crippen molar-refractivity contribution in [1.82, 2.24) is 0 Å². The number of ether oxygens (including phenoxy) is 2. The number of aromatic carboxylic acids is 1. The van der Waals surface area contributed by atoms with Crippen LogP contribution in [0.2, 0.25) is 0 Å². The molecule has 2 N–H and O–H groups in total. The molecule has 0 fully saturated rings. The molecule has 158 valence electrons. The zero-order valence-electron chi connectivity index (χ0n) is 17.2. The molecule has 9 nitrogen and oxygen atoms in total. The molecule has 0 saturated carbocycles. The van der Waals surface area contributed by atoms with Crippen LogP contribution in [0.5, 0.6) is 0 Å². The monoisotopic (exact) mass is 434 g/mol. The highest BCUT2D eigenvalue weighted by atomic mass is 32.2. The van der Waals surface area contributed by atoms with Crippen LogP contribution in [0.25, 0.3) is 0 Å². The Morgan fingerprint density at radius 2 is 1.57 bits per heavy atom. The zero-order chi connectivity index (χ0) is 23.1. The third-order valence-electron chi connectivity index (χ3n) is 4.46. The van der Waals surface area contributed by atoms with Crippen LogP contribution in [0.1, 0.15) is 43.0 Å². The molecule has 0 aliphatic rings. The van der Waals surface area contributed by atoms with Crippen molar-refractivity contribution in [2.24, 2.45) is 0 Å². The molecule has 0 aromatic heterocycles. The fraction of sp³-hybridized carbons (Fsp3) is 0.353. The summed E-state index contributed by atoms with van der Waals surface area (Å²) in [7, 11) is 1.32. The summed E-state index contributed by atoms with van der Waals surface area (Å²) in [6, 6.07) is 0. The highest BCUT2D eigenvalue weighted by Crippen LogP contribution is 2.29. The molecule has 0 atom stereocenters. The van der Waals surface area contributed by atoms with Crippen LogP contribution >= 0.6 is 0 Å². The molecule has 1 aromatic carbocycles. The van der Waals surface area contributed by atoms with Crippen LogP contribution < -0.4 is 0 Å². The van der Waals surface area contributed by atoms with E-state index in [9.17, 15) is 27.9 Å². The average Bonchev–Trinajstić information content (AvgIpc) is 2.65. The van der Waals surface area contributed by atoms with E-state index in [0.29, 0.717) is 30.1 Å². The van der Waals surface area contributed by atoms with Gasteiger partial charge in [-0.1, -0.05) is 19.0 Å². The van der Waals surface area contributed by atoms with Crippen molar-refractivity contribution in [3.8, 4) is 12.0 Å². The number of esters is 2. The average molecular weight is 434 g/mol. The van der Waals surface area contributed by atoms with E-state index in [-0.39, 0.29) is 11.1 Å². The second-order valence-corrected chi connectivity index (χ2v) is 7.79. The number of carbonyl (C=O) groups is 3. The second kappa shape index (κ2) is 10.9. The van der Waals surface area contributed by atoms with Crippen molar-refractivity contribution in [3.05, 3.63) is 33.4 Å². The lowest BCUT2D eigenvalue weighted by atomic mass is 9.74. The summed E-state index contributed by atoms with van der Waals surface area (Å²) in [5.41, 5.74) is 2.52. The quantitative estimate of drug-likeness (QED) is 0.199. The number of hydrogen-bond acceptors (Lipinski definition) is 7. The second-order valence-electron chi connectivity index (χ2n) is 6.22. The molecular formula is C17H21B3O9S. The van der Waals surface area contributed by atoms with Crippen molar-refractivity contribution in [3.63, 3.8) is 0 Å². The van der Waals surface area contributed by atoms with E-state index in [1.165, 1.54) is 0 Å². The largest absolute Gasteiger partial charge is 0.478 e. The first-order valence-corrected chi connectivity index (χ1v) is 10.8. The molecular weight excluding hydrogens is 413 g/mol. The van der Waals surface area contributed by atoms with Crippen molar-refractivity contribution in [1.29, 1.82) is 0 Å². The molecule has 0 aliphatic carbocycles. The topological polar surface area (TPSA) is 144 Å². The summed E-state index contributed by atoms with van der Waals surface area (Å²) >= 11 is 0. The Morgan fingerprint density at radius 3 is 2.03 bits per heavy atom. The Morgan fingerprint density at radius 1 is 1.00 bits per heavy atom. The van der Waals surface area contributed by atoms with E-state index >= 15 is 0 Å². The summed E-state index contributed by atoms with van der Waals surface area (Å²) in [6.07, 6.45) is 3.45. The lowest BCUT2D eigenvalue weighted by Gasteiger charge is -2.21. The van der Waals surface area contributed by atoms with Gasteiger partial charge >= 0.3 is 17.9 Å². The predicted molar refractivity (Wildman–Crippen MR) is 115 cm³/mol. The maximum absolute atomic E-state index is 12.6. The Labute approximate surface area is 177 Å². The van der Waals surface area contributed by atoms with E-state index in [1.54, 1.807) is 14.8 Å². The summed E-state index contributed by atoms with van der Waals surface area (Å²) in [6.45, 7) is 1.01. The maximum Gasteiger partial charge on any atom is 0.387 e. The van der Waals surface area contributed by atoms with E-state index < -0.39 is 40.4 Å². The fourth-order valence-corrected chi connectivity index (χ4v) is 3.57. The molecule has 0 aliphatic heterocycles. The molecule has 0 radical (unpaired) electrons. The molecule has 0 unspecified atom stereocenters. The highest BCUT2D eigenvalue weighted by Gasteiger charge is 2.28. The van der Waals surface area contributed by atoms with Gasteiger partial charge in [0.25, 0.3) is 10.1 Å². The molecule has 0 spiro atoms. The van der Waals surface area contributed by atoms with Gasteiger partial charge in [-0.2, -0.15) is 8.42 Å². The number of hydrogen-bond donors (Lipinski definition) is 2. The van der Waals surface area contributed by atoms with Gasteiger partial charge in [0.15, 0.2) is 0 Å². The van der Waals surface area contributed by atoms with Crippen molar-refractivity contribution in [2.45, 2.75) is 25.9 Å². The van der Waals surface area contributed by atoms with Crippen LogP contribution in [-0.4, -0.2) is 71.9 Å². The van der Waals surface area contributed by atoms with Gasteiger partial charge in [-0.25, -0.2) is 14.4 Å². The summed E-state index contributed by atoms with van der Waals surface area (Å²) in [4.78, 5) is 35.9. The van der Waals surface area contributed by atoms with Gasteiger partial charge in [0.1, 0.15) is 42.0 Å². The number of carboxylic acids is 1. The molecule has 30 heavy (non-hydrogen) atoms.